The minimum Gasteiger partial charge on any atom is -0.355 e. The lowest BCUT2D eigenvalue weighted by molar-refractivity contribution is 0.0934. The molecule has 0 unspecified atom stereocenters. The molecule has 1 aliphatic rings. The van der Waals surface area contributed by atoms with E-state index in [9.17, 15) is 14.4 Å². The van der Waals surface area contributed by atoms with Crippen molar-refractivity contribution in [3.8, 4) is 0 Å². The highest BCUT2D eigenvalue weighted by Gasteiger charge is 2.24. The fourth-order valence-corrected chi connectivity index (χ4v) is 4.67. The van der Waals surface area contributed by atoms with Crippen LogP contribution in [0, 0.1) is 0 Å². The third-order valence-electron chi connectivity index (χ3n) is 6.55. The van der Waals surface area contributed by atoms with Crippen LogP contribution in [0.1, 0.15) is 76.0 Å². The van der Waals surface area contributed by atoms with E-state index >= 15 is 0 Å². The van der Waals surface area contributed by atoms with E-state index in [1.165, 1.54) is 13.5 Å². The molecule has 1 aromatic heterocycles. The summed E-state index contributed by atoms with van der Waals surface area (Å²) in [7, 11) is 1.49. The van der Waals surface area contributed by atoms with Crippen LogP contribution in [0.2, 0.25) is 0 Å². The van der Waals surface area contributed by atoms with Crippen LogP contribution in [0.25, 0.3) is 0 Å². The van der Waals surface area contributed by atoms with Gasteiger partial charge in [0.1, 0.15) is 11.1 Å². The van der Waals surface area contributed by atoms with Crippen LogP contribution < -0.4 is 16.1 Å². The summed E-state index contributed by atoms with van der Waals surface area (Å²) in [6.07, 6.45) is 9.14. The maximum Gasteiger partial charge on any atom is 0.257 e. The number of benzene rings is 2. The number of nitrogens with zero attached hydrogens (tertiary/aromatic N) is 1. The van der Waals surface area contributed by atoms with Gasteiger partial charge in [0.25, 0.3) is 11.8 Å². The van der Waals surface area contributed by atoms with Gasteiger partial charge in [-0.3, -0.25) is 14.4 Å². The lowest BCUT2D eigenvalue weighted by Gasteiger charge is -2.26. The molecule has 34 heavy (non-hydrogen) atoms. The summed E-state index contributed by atoms with van der Waals surface area (Å²) in [4.78, 5) is 39.1. The fourth-order valence-electron chi connectivity index (χ4n) is 4.67. The largest absolute Gasteiger partial charge is 0.355 e. The monoisotopic (exact) mass is 457 g/mol. The predicted molar refractivity (Wildman–Crippen MR) is 133 cm³/mol. The van der Waals surface area contributed by atoms with E-state index in [1.807, 2.05) is 65.2 Å². The minimum absolute atomic E-state index is 0.0000407. The Bertz CT molecular complexity index is 1180. The molecule has 0 radical (unpaired) electrons. The molecule has 176 valence electrons. The number of carbonyl (C=O) groups is 2. The summed E-state index contributed by atoms with van der Waals surface area (Å²) < 4.78 is 1.90. The third-order valence-corrected chi connectivity index (χ3v) is 6.55. The maximum absolute atomic E-state index is 13.5. The minimum atomic E-state index is -0.546. The van der Waals surface area contributed by atoms with E-state index < -0.39 is 17.2 Å². The van der Waals surface area contributed by atoms with Gasteiger partial charge in [-0.05, 0) is 30.4 Å². The van der Waals surface area contributed by atoms with Gasteiger partial charge in [-0.25, -0.2) is 0 Å². The van der Waals surface area contributed by atoms with E-state index in [4.69, 9.17) is 0 Å². The number of aromatic nitrogens is 1. The van der Waals surface area contributed by atoms with Crippen LogP contribution in [-0.4, -0.2) is 23.4 Å². The standard InChI is InChI=1S/C28H31N3O3/c1-29-27(33)23-18-31(22-15-9-4-10-16-22)19-24(26(23)32)28(34)30-25(21-13-7-3-8-14-21)17-20-11-5-2-6-12-20/h2-3,5-8,11-14,18-19,22,25H,4,9-10,15-17H2,1H3,(H,29,33)(H,30,34)/t25-/m0/s1. The van der Waals surface area contributed by atoms with E-state index in [0.717, 1.165) is 36.8 Å². The normalized spacial score (nSPS) is 14.9. The van der Waals surface area contributed by atoms with Crippen LogP contribution in [-0.2, 0) is 6.42 Å². The zero-order valence-electron chi connectivity index (χ0n) is 19.5. The average Bonchev–Trinajstić information content (AvgIpc) is 2.89. The van der Waals surface area contributed by atoms with Gasteiger partial charge >= 0.3 is 0 Å². The third kappa shape index (κ3) is 5.45. The van der Waals surface area contributed by atoms with Gasteiger partial charge in [-0.15, -0.1) is 0 Å². The number of amides is 2. The first-order chi connectivity index (χ1) is 16.6. The Morgan fingerprint density at radius 1 is 0.882 bits per heavy atom. The van der Waals surface area contributed by atoms with Crippen LogP contribution in [0.3, 0.4) is 0 Å². The molecule has 0 saturated heterocycles. The van der Waals surface area contributed by atoms with Crippen LogP contribution in [0.15, 0.2) is 77.9 Å². The van der Waals surface area contributed by atoms with Gasteiger partial charge in [-0.2, -0.15) is 0 Å². The summed E-state index contributed by atoms with van der Waals surface area (Å²) in [5.74, 6) is -0.946. The van der Waals surface area contributed by atoms with Crippen molar-refractivity contribution in [3.63, 3.8) is 0 Å². The Kier molecular flexibility index (Phi) is 7.58. The first-order valence-electron chi connectivity index (χ1n) is 11.9. The molecule has 2 N–H and O–H groups in total. The molecule has 1 atom stereocenters. The average molecular weight is 458 g/mol. The highest BCUT2D eigenvalue weighted by molar-refractivity contribution is 5.99. The van der Waals surface area contributed by atoms with Crippen LogP contribution in [0.5, 0.6) is 0 Å². The molecule has 4 rings (SSSR count). The van der Waals surface area contributed by atoms with Crippen LogP contribution >= 0.6 is 0 Å². The van der Waals surface area contributed by atoms with Gasteiger partial charge in [0.05, 0.1) is 6.04 Å². The highest BCUT2D eigenvalue weighted by Crippen LogP contribution is 2.28. The molecular formula is C28H31N3O3. The summed E-state index contributed by atoms with van der Waals surface area (Å²) in [6, 6.07) is 19.5. The second-order valence-electron chi connectivity index (χ2n) is 8.86. The fraction of sp³-hybridized carbons (Fsp3) is 0.321. The van der Waals surface area contributed by atoms with E-state index in [2.05, 4.69) is 10.6 Å². The summed E-state index contributed by atoms with van der Waals surface area (Å²) in [6.45, 7) is 0. The van der Waals surface area contributed by atoms with Crippen molar-refractivity contribution in [2.45, 2.75) is 50.6 Å². The second-order valence-corrected chi connectivity index (χ2v) is 8.86. The quantitative estimate of drug-likeness (QED) is 0.551. The number of nitrogens with one attached hydrogen (secondary N) is 2. The van der Waals surface area contributed by atoms with Crippen molar-refractivity contribution in [1.82, 2.24) is 15.2 Å². The van der Waals surface area contributed by atoms with Gasteiger partial charge < -0.3 is 15.2 Å². The van der Waals surface area contributed by atoms with Gasteiger partial charge in [0.15, 0.2) is 0 Å². The molecule has 1 heterocycles. The molecule has 0 spiro atoms. The Balaban J connectivity index is 1.69. The summed E-state index contributed by atoms with van der Waals surface area (Å²) in [5.41, 5.74) is 1.49. The molecule has 3 aromatic rings. The Morgan fingerprint density at radius 2 is 1.47 bits per heavy atom. The number of carbonyl (C=O) groups excluding carboxylic acids is 2. The highest BCUT2D eigenvalue weighted by atomic mass is 16.2. The lowest BCUT2D eigenvalue weighted by atomic mass is 9.94. The van der Waals surface area contributed by atoms with Crippen LogP contribution in [0.4, 0.5) is 0 Å². The Morgan fingerprint density at radius 3 is 2.09 bits per heavy atom. The number of hydrogen-bond donors (Lipinski definition) is 2. The van der Waals surface area contributed by atoms with E-state index in [0.29, 0.717) is 6.42 Å². The molecule has 0 bridgehead atoms. The van der Waals surface area contributed by atoms with Crippen molar-refractivity contribution in [1.29, 1.82) is 0 Å². The van der Waals surface area contributed by atoms with Crippen molar-refractivity contribution in [3.05, 3.63) is 106 Å². The van der Waals surface area contributed by atoms with Gasteiger partial charge in [-0.1, -0.05) is 79.9 Å². The molecule has 1 aliphatic carbocycles. The second kappa shape index (κ2) is 11.0. The Hall–Kier alpha value is -3.67. The molecular weight excluding hydrogens is 426 g/mol. The maximum atomic E-state index is 13.5. The topological polar surface area (TPSA) is 80.2 Å². The van der Waals surface area contributed by atoms with Crippen molar-refractivity contribution in [2.24, 2.45) is 0 Å². The summed E-state index contributed by atoms with van der Waals surface area (Å²) >= 11 is 0. The van der Waals surface area contributed by atoms with Gasteiger partial charge in [0, 0.05) is 25.5 Å². The number of pyridine rings is 1. The smallest absolute Gasteiger partial charge is 0.257 e. The summed E-state index contributed by atoms with van der Waals surface area (Å²) in [5, 5.41) is 5.60. The van der Waals surface area contributed by atoms with E-state index in [-0.39, 0.29) is 23.2 Å². The Labute approximate surface area is 200 Å². The van der Waals surface area contributed by atoms with Crippen molar-refractivity contribution < 1.29 is 9.59 Å². The lowest BCUT2D eigenvalue weighted by Crippen LogP contribution is -2.37. The SMILES string of the molecule is CNC(=O)c1cn(C2CCCCC2)cc(C(=O)N[C@@H](Cc2ccccc2)c2ccccc2)c1=O. The zero-order chi connectivity index (χ0) is 23.9. The first kappa shape index (κ1) is 23.5. The molecule has 1 saturated carbocycles. The molecule has 2 amide bonds. The predicted octanol–water partition coefficient (Wildman–Crippen LogP) is 4.43. The number of hydrogen-bond acceptors (Lipinski definition) is 3. The first-order valence-corrected chi connectivity index (χ1v) is 11.9. The van der Waals surface area contributed by atoms with Crippen molar-refractivity contribution in [2.75, 3.05) is 7.05 Å². The van der Waals surface area contributed by atoms with Gasteiger partial charge in [0.2, 0.25) is 5.43 Å². The molecule has 1 fully saturated rings. The van der Waals surface area contributed by atoms with Crippen molar-refractivity contribution >= 4 is 11.8 Å². The molecule has 6 nitrogen and oxygen atoms in total. The molecule has 2 aromatic carbocycles. The number of rotatable bonds is 7. The zero-order valence-corrected chi connectivity index (χ0v) is 19.5. The van der Waals surface area contributed by atoms with E-state index in [1.54, 1.807) is 12.4 Å². The molecule has 0 aliphatic heterocycles. The molecule has 6 heteroatoms.